The van der Waals surface area contributed by atoms with Crippen LogP contribution in [0.5, 0.6) is 0 Å². The van der Waals surface area contributed by atoms with Crippen LogP contribution in [-0.2, 0) is 25.6 Å². The van der Waals surface area contributed by atoms with Crippen LogP contribution in [0.1, 0.15) is 38.2 Å². The molecule has 0 spiro atoms. The second-order valence-electron chi connectivity index (χ2n) is 5.57. The van der Waals surface area contributed by atoms with Gasteiger partial charge >= 0.3 is 5.97 Å². The van der Waals surface area contributed by atoms with Crippen molar-refractivity contribution in [1.82, 2.24) is 9.88 Å². The van der Waals surface area contributed by atoms with E-state index in [9.17, 15) is 9.59 Å². The summed E-state index contributed by atoms with van der Waals surface area (Å²) in [6, 6.07) is 3.76. The predicted octanol–water partition coefficient (Wildman–Crippen LogP) is 1.93. The van der Waals surface area contributed by atoms with E-state index in [0.717, 1.165) is 25.0 Å². The summed E-state index contributed by atoms with van der Waals surface area (Å²) in [5, 5.41) is 0. The highest BCUT2D eigenvalue weighted by Gasteiger charge is 2.23. The van der Waals surface area contributed by atoms with Gasteiger partial charge in [-0.2, -0.15) is 0 Å². The van der Waals surface area contributed by atoms with Crippen LogP contribution in [0, 0.1) is 0 Å². The maximum absolute atomic E-state index is 12.5. The van der Waals surface area contributed by atoms with E-state index in [1.165, 1.54) is 0 Å². The monoisotopic (exact) mass is 320 g/mol. The minimum absolute atomic E-state index is 0.00138. The molecule has 1 saturated heterocycles. The van der Waals surface area contributed by atoms with Crippen LogP contribution in [0.2, 0.25) is 0 Å². The lowest BCUT2D eigenvalue weighted by atomic mass is 10.1. The SMILES string of the molecule is CCOC(=O)CCN(Cc1cccnc1)C(=O)CC1CCCO1. The molecule has 1 atom stereocenters. The summed E-state index contributed by atoms with van der Waals surface area (Å²) in [7, 11) is 0. The molecule has 1 aliphatic heterocycles. The molecule has 1 fully saturated rings. The van der Waals surface area contributed by atoms with Gasteiger partial charge in [-0.3, -0.25) is 14.6 Å². The van der Waals surface area contributed by atoms with Crippen LogP contribution in [0.25, 0.3) is 0 Å². The molecule has 0 bridgehead atoms. The third-order valence-corrected chi connectivity index (χ3v) is 3.77. The van der Waals surface area contributed by atoms with E-state index in [2.05, 4.69) is 4.98 Å². The summed E-state index contributed by atoms with van der Waals surface area (Å²) in [4.78, 5) is 29.9. The van der Waals surface area contributed by atoms with Crippen molar-refractivity contribution >= 4 is 11.9 Å². The maximum atomic E-state index is 12.5. The number of esters is 1. The Kier molecular flexibility index (Phi) is 7.00. The van der Waals surface area contributed by atoms with Gasteiger partial charge in [-0.25, -0.2) is 0 Å². The van der Waals surface area contributed by atoms with Crippen LogP contribution in [-0.4, -0.2) is 47.6 Å². The van der Waals surface area contributed by atoms with Gasteiger partial charge in [-0.1, -0.05) is 6.07 Å². The molecule has 0 saturated carbocycles. The molecule has 6 nitrogen and oxygen atoms in total. The highest BCUT2D eigenvalue weighted by Crippen LogP contribution is 2.17. The van der Waals surface area contributed by atoms with Crippen LogP contribution in [0.4, 0.5) is 0 Å². The highest BCUT2D eigenvalue weighted by molar-refractivity contribution is 5.77. The fourth-order valence-electron chi connectivity index (χ4n) is 2.59. The van der Waals surface area contributed by atoms with Gasteiger partial charge in [-0.15, -0.1) is 0 Å². The van der Waals surface area contributed by atoms with E-state index >= 15 is 0 Å². The molecule has 2 heterocycles. The molecule has 1 aliphatic rings. The van der Waals surface area contributed by atoms with Crippen molar-refractivity contribution in [1.29, 1.82) is 0 Å². The number of hydrogen-bond acceptors (Lipinski definition) is 5. The standard InChI is InChI=1S/C17H24N2O4/c1-2-22-17(21)7-9-19(13-14-5-3-8-18-12-14)16(20)11-15-6-4-10-23-15/h3,5,8,12,15H,2,4,6-7,9-11,13H2,1H3. The Morgan fingerprint density at radius 2 is 2.35 bits per heavy atom. The summed E-state index contributed by atoms with van der Waals surface area (Å²) < 4.78 is 10.5. The van der Waals surface area contributed by atoms with Gasteiger partial charge in [0.25, 0.3) is 0 Å². The van der Waals surface area contributed by atoms with Crippen molar-refractivity contribution in [2.24, 2.45) is 0 Å². The summed E-state index contributed by atoms with van der Waals surface area (Å²) >= 11 is 0. The molecule has 23 heavy (non-hydrogen) atoms. The number of rotatable bonds is 8. The topological polar surface area (TPSA) is 68.7 Å². The van der Waals surface area contributed by atoms with Crippen molar-refractivity contribution in [2.45, 2.75) is 45.3 Å². The fourth-order valence-corrected chi connectivity index (χ4v) is 2.59. The van der Waals surface area contributed by atoms with E-state index in [0.29, 0.717) is 26.1 Å². The molecular formula is C17H24N2O4. The molecule has 0 N–H and O–H groups in total. The van der Waals surface area contributed by atoms with E-state index < -0.39 is 0 Å². The maximum Gasteiger partial charge on any atom is 0.307 e. The van der Waals surface area contributed by atoms with Gasteiger partial charge in [0.2, 0.25) is 5.91 Å². The van der Waals surface area contributed by atoms with Crippen molar-refractivity contribution < 1.29 is 19.1 Å². The zero-order chi connectivity index (χ0) is 16.5. The summed E-state index contributed by atoms with van der Waals surface area (Å²) in [5.41, 5.74) is 0.942. The molecule has 0 radical (unpaired) electrons. The van der Waals surface area contributed by atoms with Crippen molar-refractivity contribution in [3.63, 3.8) is 0 Å². The number of pyridine rings is 1. The molecule has 1 aromatic rings. The largest absolute Gasteiger partial charge is 0.466 e. The number of hydrogen-bond donors (Lipinski definition) is 0. The number of ether oxygens (including phenoxy) is 2. The Morgan fingerprint density at radius 3 is 3.00 bits per heavy atom. The zero-order valence-corrected chi connectivity index (χ0v) is 13.6. The van der Waals surface area contributed by atoms with Gasteiger partial charge in [0, 0.05) is 32.1 Å². The third-order valence-electron chi connectivity index (χ3n) is 3.77. The average molecular weight is 320 g/mol. The second kappa shape index (κ2) is 9.25. The molecule has 0 aliphatic carbocycles. The number of amides is 1. The quantitative estimate of drug-likeness (QED) is 0.685. The predicted molar refractivity (Wildman–Crippen MR) is 84.5 cm³/mol. The molecule has 1 unspecified atom stereocenters. The lowest BCUT2D eigenvalue weighted by molar-refractivity contribution is -0.144. The Bertz CT molecular complexity index is 501. The fraction of sp³-hybridized carbons (Fsp3) is 0.588. The van der Waals surface area contributed by atoms with Crippen LogP contribution < -0.4 is 0 Å². The molecule has 0 aromatic carbocycles. The Labute approximate surface area is 136 Å². The van der Waals surface area contributed by atoms with Gasteiger partial charge in [0.05, 0.1) is 25.6 Å². The van der Waals surface area contributed by atoms with Crippen LogP contribution in [0.3, 0.4) is 0 Å². The minimum atomic E-state index is -0.284. The Hall–Kier alpha value is -1.95. The van der Waals surface area contributed by atoms with Crippen molar-refractivity contribution in [3.05, 3.63) is 30.1 Å². The summed E-state index contributed by atoms with van der Waals surface area (Å²) in [5.74, 6) is -0.279. The van der Waals surface area contributed by atoms with Gasteiger partial charge < -0.3 is 14.4 Å². The molecule has 1 amide bonds. The minimum Gasteiger partial charge on any atom is -0.466 e. The first-order valence-corrected chi connectivity index (χ1v) is 8.13. The van der Waals surface area contributed by atoms with Crippen molar-refractivity contribution in [3.8, 4) is 0 Å². The summed E-state index contributed by atoms with van der Waals surface area (Å²) in [6.07, 6.45) is 5.92. The summed E-state index contributed by atoms with van der Waals surface area (Å²) in [6.45, 7) is 3.64. The lowest BCUT2D eigenvalue weighted by Gasteiger charge is -2.23. The molecule has 126 valence electrons. The van der Waals surface area contributed by atoms with E-state index in [1.807, 2.05) is 12.1 Å². The van der Waals surface area contributed by atoms with E-state index in [-0.39, 0.29) is 24.4 Å². The number of carbonyl (C=O) groups excluding carboxylic acids is 2. The lowest BCUT2D eigenvalue weighted by Crippen LogP contribution is -2.35. The Balaban J connectivity index is 1.94. The first-order chi connectivity index (χ1) is 11.2. The first kappa shape index (κ1) is 17.4. The Morgan fingerprint density at radius 1 is 1.48 bits per heavy atom. The zero-order valence-electron chi connectivity index (χ0n) is 13.6. The van der Waals surface area contributed by atoms with Crippen LogP contribution >= 0.6 is 0 Å². The smallest absolute Gasteiger partial charge is 0.307 e. The van der Waals surface area contributed by atoms with Gasteiger partial charge in [0.15, 0.2) is 0 Å². The normalized spacial score (nSPS) is 17.0. The average Bonchev–Trinajstić information content (AvgIpc) is 3.05. The highest BCUT2D eigenvalue weighted by atomic mass is 16.5. The molecule has 1 aromatic heterocycles. The first-order valence-electron chi connectivity index (χ1n) is 8.13. The molecule has 6 heteroatoms. The van der Waals surface area contributed by atoms with Crippen molar-refractivity contribution in [2.75, 3.05) is 19.8 Å². The number of aromatic nitrogens is 1. The number of nitrogens with zero attached hydrogens (tertiary/aromatic N) is 2. The second-order valence-corrected chi connectivity index (χ2v) is 5.57. The van der Waals surface area contributed by atoms with Crippen LogP contribution in [0.15, 0.2) is 24.5 Å². The van der Waals surface area contributed by atoms with Gasteiger partial charge in [-0.05, 0) is 31.4 Å². The number of carbonyl (C=O) groups is 2. The molecular weight excluding hydrogens is 296 g/mol. The van der Waals surface area contributed by atoms with E-state index in [1.54, 1.807) is 24.2 Å². The third kappa shape index (κ3) is 5.98. The van der Waals surface area contributed by atoms with Gasteiger partial charge in [0.1, 0.15) is 0 Å². The molecule has 2 rings (SSSR count). The van der Waals surface area contributed by atoms with E-state index in [4.69, 9.17) is 9.47 Å².